The largest absolute Gasteiger partial charge is 0.481 e. The number of amides is 1. The van der Waals surface area contributed by atoms with Gasteiger partial charge >= 0.3 is 5.97 Å². The molecule has 2 heterocycles. The van der Waals surface area contributed by atoms with Crippen LogP contribution in [0.15, 0.2) is 0 Å². The van der Waals surface area contributed by atoms with E-state index in [0.29, 0.717) is 26.1 Å². The molecule has 2 rings (SSSR count). The summed E-state index contributed by atoms with van der Waals surface area (Å²) in [6, 6.07) is 0. The van der Waals surface area contributed by atoms with Crippen LogP contribution in [0.3, 0.4) is 0 Å². The van der Waals surface area contributed by atoms with Crippen LogP contribution < -0.4 is 0 Å². The Morgan fingerprint density at radius 1 is 1.21 bits per heavy atom. The lowest BCUT2D eigenvalue weighted by Gasteiger charge is -2.32. The highest BCUT2D eigenvalue weighted by Crippen LogP contribution is 2.18. The summed E-state index contributed by atoms with van der Waals surface area (Å²) in [6.45, 7) is 2.16. The van der Waals surface area contributed by atoms with Gasteiger partial charge in [0.25, 0.3) is 0 Å². The summed E-state index contributed by atoms with van der Waals surface area (Å²) < 4.78 is 10.8. The molecule has 0 saturated carbocycles. The molecular weight excluding hydrogens is 250 g/mol. The standard InChI is InChI=1S/C13H21NO5/c15-12(4-3-10-2-1-6-18-10)14-5-7-19-11(9-14)8-13(16)17/h10-11H,1-9H2,(H,16,17)/t10-,11+/m1/s1. The number of carbonyl (C=O) groups excluding carboxylic acids is 1. The smallest absolute Gasteiger partial charge is 0.306 e. The molecule has 6 nitrogen and oxygen atoms in total. The number of carboxylic acids is 1. The van der Waals surface area contributed by atoms with Gasteiger partial charge in [0, 0.05) is 26.1 Å². The average Bonchev–Trinajstić information content (AvgIpc) is 2.88. The lowest BCUT2D eigenvalue weighted by molar-refractivity contribution is -0.147. The second-order valence-electron chi connectivity index (χ2n) is 5.10. The van der Waals surface area contributed by atoms with Gasteiger partial charge in [0.05, 0.1) is 25.2 Å². The first-order chi connectivity index (χ1) is 9.15. The molecule has 0 aromatic heterocycles. The van der Waals surface area contributed by atoms with Gasteiger partial charge < -0.3 is 19.5 Å². The van der Waals surface area contributed by atoms with Gasteiger partial charge in [-0.3, -0.25) is 9.59 Å². The normalized spacial score (nSPS) is 27.5. The first kappa shape index (κ1) is 14.3. The number of ether oxygens (including phenoxy) is 2. The maximum absolute atomic E-state index is 12.1. The third-order valence-electron chi connectivity index (χ3n) is 3.60. The number of aliphatic carboxylic acids is 1. The highest BCUT2D eigenvalue weighted by molar-refractivity contribution is 5.76. The fourth-order valence-corrected chi connectivity index (χ4v) is 2.58. The molecular formula is C13H21NO5. The van der Waals surface area contributed by atoms with Crippen molar-refractivity contribution in [3.63, 3.8) is 0 Å². The molecule has 19 heavy (non-hydrogen) atoms. The predicted octanol–water partition coefficient (Wildman–Crippen LogP) is 0.648. The van der Waals surface area contributed by atoms with Crippen LogP contribution in [0.1, 0.15) is 32.1 Å². The molecule has 2 saturated heterocycles. The zero-order chi connectivity index (χ0) is 13.7. The van der Waals surface area contributed by atoms with Crippen LogP contribution >= 0.6 is 0 Å². The van der Waals surface area contributed by atoms with E-state index < -0.39 is 5.97 Å². The van der Waals surface area contributed by atoms with E-state index in [1.165, 1.54) is 0 Å². The van der Waals surface area contributed by atoms with Crippen molar-refractivity contribution in [3.05, 3.63) is 0 Å². The fraction of sp³-hybridized carbons (Fsp3) is 0.846. The summed E-state index contributed by atoms with van der Waals surface area (Å²) in [5, 5.41) is 8.74. The third-order valence-corrected chi connectivity index (χ3v) is 3.60. The van der Waals surface area contributed by atoms with Crippen molar-refractivity contribution in [3.8, 4) is 0 Å². The summed E-state index contributed by atoms with van der Waals surface area (Å²) in [5.41, 5.74) is 0. The molecule has 6 heteroatoms. The van der Waals surface area contributed by atoms with E-state index >= 15 is 0 Å². The van der Waals surface area contributed by atoms with E-state index in [1.54, 1.807) is 4.90 Å². The maximum Gasteiger partial charge on any atom is 0.306 e. The molecule has 1 amide bonds. The third kappa shape index (κ3) is 4.47. The zero-order valence-corrected chi connectivity index (χ0v) is 11.0. The second-order valence-corrected chi connectivity index (χ2v) is 5.10. The first-order valence-electron chi connectivity index (χ1n) is 6.88. The highest BCUT2D eigenvalue weighted by Gasteiger charge is 2.26. The number of nitrogens with zero attached hydrogens (tertiary/aromatic N) is 1. The van der Waals surface area contributed by atoms with Gasteiger partial charge in [0.15, 0.2) is 0 Å². The van der Waals surface area contributed by atoms with E-state index in [2.05, 4.69) is 0 Å². The quantitative estimate of drug-likeness (QED) is 0.794. The van der Waals surface area contributed by atoms with Crippen LogP contribution in [-0.2, 0) is 19.1 Å². The van der Waals surface area contributed by atoms with Crippen LogP contribution in [0.25, 0.3) is 0 Å². The summed E-state index contributed by atoms with van der Waals surface area (Å²) in [4.78, 5) is 24.4. The van der Waals surface area contributed by atoms with Gasteiger partial charge in [-0.05, 0) is 19.3 Å². The molecule has 0 radical (unpaired) electrons. The zero-order valence-electron chi connectivity index (χ0n) is 11.0. The number of rotatable bonds is 5. The van der Waals surface area contributed by atoms with Crippen LogP contribution in [0.2, 0.25) is 0 Å². The van der Waals surface area contributed by atoms with E-state index in [1.807, 2.05) is 0 Å². The first-order valence-corrected chi connectivity index (χ1v) is 6.88. The van der Waals surface area contributed by atoms with Crippen molar-refractivity contribution in [1.82, 2.24) is 4.90 Å². The summed E-state index contributed by atoms with van der Waals surface area (Å²) in [6.07, 6.45) is 3.16. The summed E-state index contributed by atoms with van der Waals surface area (Å²) in [7, 11) is 0. The minimum Gasteiger partial charge on any atom is -0.481 e. The van der Waals surface area contributed by atoms with Gasteiger partial charge in [0.2, 0.25) is 5.91 Å². The Balaban J connectivity index is 1.73. The Morgan fingerprint density at radius 3 is 2.68 bits per heavy atom. The van der Waals surface area contributed by atoms with Gasteiger partial charge in [-0.15, -0.1) is 0 Å². The molecule has 0 aromatic rings. The SMILES string of the molecule is O=C(O)C[C@H]1CN(C(=O)CC[C@H]2CCCO2)CCO1. The molecule has 2 fully saturated rings. The Hall–Kier alpha value is -1.14. The van der Waals surface area contributed by atoms with Gasteiger partial charge in [-0.25, -0.2) is 0 Å². The average molecular weight is 271 g/mol. The van der Waals surface area contributed by atoms with Gasteiger partial charge in [0.1, 0.15) is 0 Å². The van der Waals surface area contributed by atoms with E-state index in [9.17, 15) is 9.59 Å². The number of carbonyl (C=O) groups is 2. The molecule has 0 aromatic carbocycles. The Morgan fingerprint density at radius 2 is 2.00 bits per heavy atom. The van der Waals surface area contributed by atoms with Crippen molar-refractivity contribution < 1.29 is 24.2 Å². The molecule has 0 spiro atoms. The summed E-state index contributed by atoms with van der Waals surface area (Å²) >= 11 is 0. The van der Waals surface area contributed by atoms with Crippen LogP contribution in [0, 0.1) is 0 Å². The number of carboxylic acid groups (broad SMARTS) is 1. The van der Waals surface area contributed by atoms with Crippen molar-refractivity contribution in [2.75, 3.05) is 26.3 Å². The van der Waals surface area contributed by atoms with Crippen LogP contribution in [0.5, 0.6) is 0 Å². The number of morpholine rings is 1. The van der Waals surface area contributed by atoms with E-state index in [-0.39, 0.29) is 24.5 Å². The van der Waals surface area contributed by atoms with E-state index in [0.717, 1.165) is 25.9 Å². The lowest BCUT2D eigenvalue weighted by Crippen LogP contribution is -2.46. The van der Waals surface area contributed by atoms with Crippen LogP contribution in [-0.4, -0.2) is 60.4 Å². The van der Waals surface area contributed by atoms with E-state index in [4.69, 9.17) is 14.6 Å². The maximum atomic E-state index is 12.1. The molecule has 108 valence electrons. The minimum absolute atomic E-state index is 0.0461. The van der Waals surface area contributed by atoms with Crippen LogP contribution in [0.4, 0.5) is 0 Å². The molecule has 1 N–H and O–H groups in total. The van der Waals surface area contributed by atoms with Crippen molar-refractivity contribution in [1.29, 1.82) is 0 Å². The van der Waals surface area contributed by atoms with Crippen molar-refractivity contribution in [2.45, 2.75) is 44.3 Å². The van der Waals surface area contributed by atoms with Gasteiger partial charge in [-0.2, -0.15) is 0 Å². The number of hydrogen-bond acceptors (Lipinski definition) is 4. The number of hydrogen-bond donors (Lipinski definition) is 1. The Labute approximate surface area is 112 Å². The molecule has 0 bridgehead atoms. The Bertz CT molecular complexity index is 327. The van der Waals surface area contributed by atoms with Gasteiger partial charge in [-0.1, -0.05) is 0 Å². The monoisotopic (exact) mass is 271 g/mol. The van der Waals surface area contributed by atoms with Crippen molar-refractivity contribution >= 4 is 11.9 Å². The highest BCUT2D eigenvalue weighted by atomic mass is 16.5. The topological polar surface area (TPSA) is 76.1 Å². The second kappa shape index (κ2) is 6.86. The molecule has 2 aliphatic heterocycles. The Kier molecular flexibility index (Phi) is 5.15. The minimum atomic E-state index is -0.890. The lowest BCUT2D eigenvalue weighted by atomic mass is 10.1. The molecule has 0 unspecified atom stereocenters. The van der Waals surface area contributed by atoms with Crippen molar-refractivity contribution in [2.24, 2.45) is 0 Å². The molecule has 2 atom stereocenters. The molecule has 2 aliphatic rings. The predicted molar refractivity (Wildman–Crippen MR) is 66.8 cm³/mol. The summed E-state index contributed by atoms with van der Waals surface area (Å²) in [5.74, 6) is -0.812. The fourth-order valence-electron chi connectivity index (χ4n) is 2.58. The molecule has 0 aliphatic carbocycles.